The second-order valence-electron chi connectivity index (χ2n) is 4.55. The van der Waals surface area contributed by atoms with Crippen LogP contribution in [0, 0.1) is 0 Å². The topological polar surface area (TPSA) is 84.9 Å². The third-order valence-electron chi connectivity index (χ3n) is 3.15. The van der Waals surface area contributed by atoms with Crippen molar-refractivity contribution in [3.05, 3.63) is 22.7 Å². The van der Waals surface area contributed by atoms with Gasteiger partial charge in [0, 0.05) is 18.7 Å². The fourth-order valence-electron chi connectivity index (χ4n) is 2.08. The van der Waals surface area contributed by atoms with E-state index in [1.165, 1.54) is 12.1 Å². The van der Waals surface area contributed by atoms with E-state index in [1.54, 1.807) is 0 Å². The quantitative estimate of drug-likeness (QED) is 0.892. The number of fused-ring (bicyclic) bond motifs is 1. The molecule has 9 heteroatoms. The fraction of sp³-hybridized carbons (Fsp3) is 0.308. The minimum atomic E-state index is -0.369. The molecule has 22 heavy (non-hydrogen) atoms. The van der Waals surface area contributed by atoms with Crippen LogP contribution in [0.15, 0.2) is 12.1 Å². The molecule has 2 heterocycles. The van der Waals surface area contributed by atoms with Crippen LogP contribution in [0.4, 0.5) is 4.79 Å². The standard InChI is InChI=1S/C13H11ClN2O5S/c14-8-3-7(4-9-11(8)21-6-20-9)12(18)15-1-2-16-10(17)5-22-13(16)19/h3-4H,1-2,5-6H2,(H,15,18). The Labute approximate surface area is 134 Å². The lowest BCUT2D eigenvalue weighted by molar-refractivity contribution is -0.124. The number of rotatable bonds is 4. The number of imide groups is 1. The molecule has 7 nitrogen and oxygen atoms in total. The Morgan fingerprint density at radius 2 is 2.18 bits per heavy atom. The van der Waals surface area contributed by atoms with Crippen LogP contribution in [0.3, 0.4) is 0 Å². The predicted molar refractivity (Wildman–Crippen MR) is 79.5 cm³/mol. The van der Waals surface area contributed by atoms with E-state index in [-0.39, 0.29) is 42.7 Å². The van der Waals surface area contributed by atoms with Crippen molar-refractivity contribution in [3.63, 3.8) is 0 Å². The van der Waals surface area contributed by atoms with E-state index in [9.17, 15) is 14.4 Å². The highest BCUT2D eigenvalue weighted by Crippen LogP contribution is 2.39. The van der Waals surface area contributed by atoms with Crippen molar-refractivity contribution in [2.75, 3.05) is 25.6 Å². The summed E-state index contributed by atoms with van der Waals surface area (Å²) < 4.78 is 10.4. The van der Waals surface area contributed by atoms with E-state index in [2.05, 4.69) is 5.32 Å². The molecule has 3 rings (SSSR count). The Morgan fingerprint density at radius 1 is 1.36 bits per heavy atom. The summed E-state index contributed by atoms with van der Waals surface area (Å²) in [5.74, 6) is 0.384. The smallest absolute Gasteiger partial charge is 0.288 e. The van der Waals surface area contributed by atoms with Gasteiger partial charge in [0.05, 0.1) is 10.8 Å². The second kappa shape index (κ2) is 6.05. The highest BCUT2D eigenvalue weighted by Gasteiger charge is 2.29. The molecule has 1 saturated heterocycles. The SMILES string of the molecule is O=C(NCCN1C(=O)CSC1=O)c1cc(Cl)c2c(c1)OCO2. The van der Waals surface area contributed by atoms with E-state index in [1.807, 2.05) is 0 Å². The summed E-state index contributed by atoms with van der Waals surface area (Å²) in [6.07, 6.45) is 0. The molecule has 1 N–H and O–H groups in total. The summed E-state index contributed by atoms with van der Waals surface area (Å²) in [6, 6.07) is 3.01. The Kier molecular flexibility index (Phi) is 4.12. The number of thioether (sulfide) groups is 1. The van der Waals surface area contributed by atoms with E-state index in [0.29, 0.717) is 22.1 Å². The van der Waals surface area contributed by atoms with Gasteiger partial charge < -0.3 is 14.8 Å². The van der Waals surface area contributed by atoms with E-state index >= 15 is 0 Å². The molecule has 0 aromatic heterocycles. The van der Waals surface area contributed by atoms with Crippen LogP contribution in [0.25, 0.3) is 0 Å². The lowest BCUT2D eigenvalue weighted by Gasteiger charge is -2.13. The number of carbonyl (C=O) groups excluding carboxylic acids is 3. The fourth-order valence-corrected chi connectivity index (χ4v) is 3.10. The number of nitrogens with one attached hydrogen (secondary N) is 1. The van der Waals surface area contributed by atoms with Crippen molar-refractivity contribution < 1.29 is 23.9 Å². The molecule has 0 bridgehead atoms. The Morgan fingerprint density at radius 3 is 2.91 bits per heavy atom. The minimum absolute atomic E-state index is 0.0664. The average molecular weight is 343 g/mol. The summed E-state index contributed by atoms with van der Waals surface area (Å²) in [6.45, 7) is 0.384. The highest BCUT2D eigenvalue weighted by atomic mass is 35.5. The van der Waals surface area contributed by atoms with Crippen molar-refractivity contribution in [1.29, 1.82) is 0 Å². The monoisotopic (exact) mass is 342 g/mol. The molecule has 3 amide bonds. The molecule has 0 aliphatic carbocycles. The van der Waals surface area contributed by atoms with Gasteiger partial charge in [0.1, 0.15) is 0 Å². The van der Waals surface area contributed by atoms with Gasteiger partial charge >= 0.3 is 0 Å². The molecule has 0 unspecified atom stereocenters. The number of halogens is 1. The lowest BCUT2D eigenvalue weighted by atomic mass is 10.2. The second-order valence-corrected chi connectivity index (χ2v) is 5.88. The number of amides is 3. The zero-order chi connectivity index (χ0) is 15.7. The minimum Gasteiger partial charge on any atom is -0.454 e. The summed E-state index contributed by atoms with van der Waals surface area (Å²) in [4.78, 5) is 36.0. The summed E-state index contributed by atoms with van der Waals surface area (Å²) in [5, 5.41) is 2.64. The van der Waals surface area contributed by atoms with Gasteiger partial charge in [0.15, 0.2) is 11.5 Å². The van der Waals surface area contributed by atoms with E-state index < -0.39 is 0 Å². The van der Waals surface area contributed by atoms with Gasteiger partial charge in [-0.1, -0.05) is 23.4 Å². The Hall–Kier alpha value is -1.93. The zero-order valence-corrected chi connectivity index (χ0v) is 12.8. The first kappa shape index (κ1) is 15.0. The van der Waals surface area contributed by atoms with Gasteiger partial charge in [-0.15, -0.1) is 0 Å². The molecule has 1 aromatic carbocycles. The van der Waals surface area contributed by atoms with Crippen LogP contribution in [0.5, 0.6) is 11.5 Å². The van der Waals surface area contributed by atoms with Crippen LogP contribution < -0.4 is 14.8 Å². The van der Waals surface area contributed by atoms with Gasteiger partial charge in [0.2, 0.25) is 12.7 Å². The van der Waals surface area contributed by atoms with Crippen molar-refractivity contribution in [1.82, 2.24) is 10.2 Å². The van der Waals surface area contributed by atoms with Gasteiger partial charge in [-0.25, -0.2) is 0 Å². The molecule has 0 saturated carbocycles. The lowest BCUT2D eigenvalue weighted by Crippen LogP contribution is -2.37. The van der Waals surface area contributed by atoms with Crippen LogP contribution >= 0.6 is 23.4 Å². The van der Waals surface area contributed by atoms with Crippen LogP contribution in [-0.4, -0.2) is 47.6 Å². The van der Waals surface area contributed by atoms with E-state index in [4.69, 9.17) is 21.1 Å². The maximum Gasteiger partial charge on any atom is 0.288 e. The van der Waals surface area contributed by atoms with Crippen molar-refractivity contribution in [3.8, 4) is 11.5 Å². The van der Waals surface area contributed by atoms with Crippen molar-refractivity contribution in [2.45, 2.75) is 0 Å². The molecule has 1 aromatic rings. The first-order valence-electron chi connectivity index (χ1n) is 6.41. The third kappa shape index (κ3) is 2.84. The molecule has 2 aliphatic heterocycles. The molecular formula is C13H11ClN2O5S. The highest BCUT2D eigenvalue weighted by molar-refractivity contribution is 8.14. The van der Waals surface area contributed by atoms with Gasteiger partial charge in [-0.05, 0) is 12.1 Å². The average Bonchev–Trinajstić information content (AvgIpc) is 3.08. The maximum atomic E-state index is 12.1. The first-order chi connectivity index (χ1) is 10.6. The molecule has 0 spiro atoms. The number of benzene rings is 1. The number of hydrogen-bond donors (Lipinski definition) is 1. The summed E-state index contributed by atoms with van der Waals surface area (Å²) in [5.41, 5.74) is 0.322. The molecular weight excluding hydrogens is 332 g/mol. The molecule has 116 valence electrons. The number of carbonyl (C=O) groups is 3. The number of hydrogen-bond acceptors (Lipinski definition) is 6. The number of ether oxygens (including phenoxy) is 2. The van der Waals surface area contributed by atoms with Gasteiger partial charge in [0.25, 0.3) is 11.1 Å². The zero-order valence-electron chi connectivity index (χ0n) is 11.3. The molecule has 0 radical (unpaired) electrons. The Bertz CT molecular complexity index is 650. The number of nitrogens with zero attached hydrogens (tertiary/aromatic N) is 1. The summed E-state index contributed by atoms with van der Waals surface area (Å²) >= 11 is 6.97. The van der Waals surface area contributed by atoms with Crippen molar-refractivity contribution in [2.24, 2.45) is 0 Å². The van der Waals surface area contributed by atoms with Gasteiger partial charge in [-0.2, -0.15) is 0 Å². The third-order valence-corrected chi connectivity index (χ3v) is 4.29. The largest absolute Gasteiger partial charge is 0.454 e. The van der Waals surface area contributed by atoms with Crippen LogP contribution in [0.2, 0.25) is 5.02 Å². The molecule has 0 atom stereocenters. The maximum absolute atomic E-state index is 12.1. The van der Waals surface area contributed by atoms with E-state index in [0.717, 1.165) is 16.7 Å². The van der Waals surface area contributed by atoms with Crippen molar-refractivity contribution >= 4 is 40.4 Å². The molecule has 2 aliphatic rings. The van der Waals surface area contributed by atoms with Crippen LogP contribution in [-0.2, 0) is 4.79 Å². The first-order valence-corrected chi connectivity index (χ1v) is 7.77. The van der Waals surface area contributed by atoms with Gasteiger partial charge in [-0.3, -0.25) is 19.3 Å². The normalized spacial score (nSPS) is 16.3. The van der Waals surface area contributed by atoms with Crippen LogP contribution in [0.1, 0.15) is 10.4 Å². The predicted octanol–water partition coefficient (Wildman–Crippen LogP) is 1.49. The summed E-state index contributed by atoms with van der Waals surface area (Å²) in [7, 11) is 0. The molecule has 1 fully saturated rings. The Balaban J connectivity index is 1.60.